The maximum atomic E-state index is 11.5. The maximum Gasteiger partial charge on any atom is 0.221 e. The maximum absolute atomic E-state index is 11.5. The Balaban J connectivity index is 3.39. The molecule has 0 bridgehead atoms. The van der Waals surface area contributed by atoms with E-state index in [1.807, 2.05) is 14.1 Å². The van der Waals surface area contributed by atoms with E-state index in [1.165, 1.54) is 12.8 Å². The highest BCUT2D eigenvalue weighted by Gasteiger charge is 2.03. The number of carbonyl (C=O) groups excluding carboxylic acids is 1. The smallest absolute Gasteiger partial charge is 0.221 e. The molecule has 0 heterocycles. The van der Waals surface area contributed by atoms with Gasteiger partial charge in [0.05, 0.1) is 0 Å². The summed E-state index contributed by atoms with van der Waals surface area (Å²) in [5.41, 5.74) is 0. The van der Waals surface area contributed by atoms with Gasteiger partial charge in [0.25, 0.3) is 0 Å². The average Bonchev–Trinajstić information content (AvgIpc) is 2.29. The van der Waals surface area contributed by atoms with E-state index in [0.29, 0.717) is 6.42 Å². The molecule has 0 atom stereocenters. The summed E-state index contributed by atoms with van der Waals surface area (Å²) in [7, 11) is 6.17. The molecule has 0 radical (unpaired) electrons. The lowest BCUT2D eigenvalue weighted by molar-refractivity contribution is -0.121. The third-order valence-electron chi connectivity index (χ3n) is 2.72. The highest BCUT2D eigenvalue weighted by molar-refractivity contribution is 5.75. The molecule has 0 unspecified atom stereocenters. The van der Waals surface area contributed by atoms with Gasteiger partial charge in [0.2, 0.25) is 5.91 Å². The van der Waals surface area contributed by atoms with Crippen molar-refractivity contribution in [1.82, 2.24) is 15.1 Å². The molecular weight excluding hydrogens is 214 g/mol. The molecular formula is C13H29N3O. The first-order valence-electron chi connectivity index (χ1n) is 6.66. The van der Waals surface area contributed by atoms with Crippen molar-refractivity contribution >= 4 is 5.91 Å². The van der Waals surface area contributed by atoms with Gasteiger partial charge < -0.3 is 15.1 Å². The van der Waals surface area contributed by atoms with Gasteiger partial charge in [-0.05, 0) is 47.1 Å². The summed E-state index contributed by atoms with van der Waals surface area (Å²) in [5.74, 6) is 0.173. The predicted octanol–water partition coefficient (Wildman–Crippen LogP) is 1.18. The van der Waals surface area contributed by atoms with Crippen LogP contribution in [0, 0.1) is 0 Å². The van der Waals surface area contributed by atoms with E-state index >= 15 is 0 Å². The minimum Gasteiger partial charge on any atom is -0.356 e. The van der Waals surface area contributed by atoms with E-state index in [-0.39, 0.29) is 5.91 Å². The standard InChI is InChI=1S/C13H29N3O/c1-5-6-11-16(4)12-8-13(17)14-9-7-10-15(2)3/h5-12H2,1-4H3,(H,14,17). The zero-order chi connectivity index (χ0) is 13.1. The second-order valence-electron chi connectivity index (χ2n) is 4.91. The molecule has 1 N–H and O–H groups in total. The van der Waals surface area contributed by atoms with Crippen molar-refractivity contribution in [3.05, 3.63) is 0 Å². The van der Waals surface area contributed by atoms with Gasteiger partial charge in [-0.25, -0.2) is 0 Å². The van der Waals surface area contributed by atoms with Crippen LogP contribution in [0.25, 0.3) is 0 Å². The third kappa shape index (κ3) is 11.6. The summed E-state index contributed by atoms with van der Waals surface area (Å²) in [6.45, 7) is 5.95. The monoisotopic (exact) mass is 243 g/mol. The zero-order valence-electron chi connectivity index (χ0n) is 12.0. The minimum absolute atomic E-state index is 0.173. The fourth-order valence-corrected chi connectivity index (χ4v) is 1.54. The number of carbonyl (C=O) groups is 1. The summed E-state index contributed by atoms with van der Waals surface area (Å²) in [5, 5.41) is 2.96. The lowest BCUT2D eigenvalue weighted by atomic mass is 10.3. The molecule has 0 aromatic rings. The van der Waals surface area contributed by atoms with Crippen LogP contribution in [0.1, 0.15) is 32.6 Å². The molecule has 4 heteroatoms. The molecule has 0 aliphatic rings. The Kier molecular flexibility index (Phi) is 10.2. The van der Waals surface area contributed by atoms with E-state index < -0.39 is 0 Å². The van der Waals surface area contributed by atoms with E-state index in [0.717, 1.165) is 32.6 Å². The van der Waals surface area contributed by atoms with Crippen LogP contribution in [0.2, 0.25) is 0 Å². The third-order valence-corrected chi connectivity index (χ3v) is 2.72. The number of hydrogen-bond acceptors (Lipinski definition) is 3. The average molecular weight is 243 g/mol. The number of amides is 1. The second-order valence-corrected chi connectivity index (χ2v) is 4.91. The van der Waals surface area contributed by atoms with E-state index in [2.05, 4.69) is 29.1 Å². The molecule has 0 aromatic carbocycles. The van der Waals surface area contributed by atoms with Gasteiger partial charge in [0.15, 0.2) is 0 Å². The Morgan fingerprint density at radius 3 is 2.35 bits per heavy atom. The van der Waals surface area contributed by atoms with Crippen LogP contribution in [0.15, 0.2) is 0 Å². The van der Waals surface area contributed by atoms with Gasteiger partial charge in [-0.15, -0.1) is 0 Å². The molecule has 17 heavy (non-hydrogen) atoms. The fraction of sp³-hybridized carbons (Fsp3) is 0.923. The lowest BCUT2D eigenvalue weighted by Gasteiger charge is -2.15. The van der Waals surface area contributed by atoms with Crippen LogP contribution in [0.4, 0.5) is 0 Å². The van der Waals surface area contributed by atoms with E-state index in [9.17, 15) is 4.79 Å². The van der Waals surface area contributed by atoms with Crippen LogP contribution in [-0.4, -0.2) is 63.0 Å². The topological polar surface area (TPSA) is 35.6 Å². The SMILES string of the molecule is CCCCN(C)CCC(=O)NCCCN(C)C. The van der Waals surface area contributed by atoms with Gasteiger partial charge in [0.1, 0.15) is 0 Å². The van der Waals surface area contributed by atoms with Gasteiger partial charge in [-0.3, -0.25) is 4.79 Å². The second kappa shape index (κ2) is 10.5. The Morgan fingerprint density at radius 2 is 1.76 bits per heavy atom. The molecule has 0 aliphatic heterocycles. The molecule has 0 fully saturated rings. The molecule has 102 valence electrons. The number of nitrogens with zero attached hydrogens (tertiary/aromatic N) is 2. The number of nitrogens with one attached hydrogen (secondary N) is 1. The van der Waals surface area contributed by atoms with Crippen LogP contribution >= 0.6 is 0 Å². The molecule has 0 aromatic heterocycles. The first kappa shape index (κ1) is 16.4. The summed E-state index contributed by atoms with van der Waals surface area (Å²) in [4.78, 5) is 15.9. The van der Waals surface area contributed by atoms with Gasteiger partial charge in [-0.1, -0.05) is 13.3 Å². The Bertz CT molecular complexity index is 195. The zero-order valence-corrected chi connectivity index (χ0v) is 12.0. The highest BCUT2D eigenvalue weighted by atomic mass is 16.1. The van der Waals surface area contributed by atoms with Crippen LogP contribution in [0.3, 0.4) is 0 Å². The van der Waals surface area contributed by atoms with Crippen molar-refractivity contribution in [2.24, 2.45) is 0 Å². The van der Waals surface area contributed by atoms with E-state index in [4.69, 9.17) is 0 Å². The minimum atomic E-state index is 0.173. The van der Waals surface area contributed by atoms with Crippen molar-refractivity contribution in [2.45, 2.75) is 32.6 Å². The van der Waals surface area contributed by atoms with Crippen molar-refractivity contribution in [3.8, 4) is 0 Å². The van der Waals surface area contributed by atoms with Crippen molar-refractivity contribution in [3.63, 3.8) is 0 Å². The van der Waals surface area contributed by atoms with Crippen molar-refractivity contribution in [1.29, 1.82) is 0 Å². The molecule has 0 spiro atoms. The van der Waals surface area contributed by atoms with Crippen LogP contribution in [-0.2, 0) is 4.79 Å². The summed E-state index contributed by atoms with van der Waals surface area (Å²) < 4.78 is 0. The molecule has 0 aliphatic carbocycles. The molecule has 0 saturated heterocycles. The normalized spacial score (nSPS) is 11.2. The highest BCUT2D eigenvalue weighted by Crippen LogP contribution is 1.93. The molecule has 0 saturated carbocycles. The van der Waals surface area contributed by atoms with Crippen molar-refractivity contribution in [2.75, 3.05) is 47.3 Å². The van der Waals surface area contributed by atoms with Gasteiger partial charge in [0, 0.05) is 19.5 Å². The quantitative estimate of drug-likeness (QED) is 0.585. The van der Waals surface area contributed by atoms with Crippen LogP contribution < -0.4 is 5.32 Å². The van der Waals surface area contributed by atoms with E-state index in [1.54, 1.807) is 0 Å². The number of unbranched alkanes of at least 4 members (excludes halogenated alkanes) is 1. The molecule has 4 nitrogen and oxygen atoms in total. The lowest BCUT2D eigenvalue weighted by Crippen LogP contribution is -2.31. The first-order valence-corrected chi connectivity index (χ1v) is 6.66. The number of rotatable bonds is 10. The Morgan fingerprint density at radius 1 is 1.06 bits per heavy atom. The molecule has 1 amide bonds. The van der Waals surface area contributed by atoms with Gasteiger partial charge >= 0.3 is 0 Å². The summed E-state index contributed by atoms with van der Waals surface area (Å²) in [6.07, 6.45) is 4.05. The fourth-order valence-electron chi connectivity index (χ4n) is 1.54. The molecule has 0 rings (SSSR count). The van der Waals surface area contributed by atoms with Crippen molar-refractivity contribution < 1.29 is 4.79 Å². The first-order chi connectivity index (χ1) is 8.06. The predicted molar refractivity (Wildman–Crippen MR) is 73.2 cm³/mol. The largest absolute Gasteiger partial charge is 0.356 e. The Hall–Kier alpha value is -0.610. The van der Waals surface area contributed by atoms with Gasteiger partial charge in [-0.2, -0.15) is 0 Å². The summed E-state index contributed by atoms with van der Waals surface area (Å²) >= 11 is 0. The van der Waals surface area contributed by atoms with Crippen LogP contribution in [0.5, 0.6) is 0 Å². The Labute approximate surface area is 106 Å². The number of hydrogen-bond donors (Lipinski definition) is 1. The summed E-state index contributed by atoms with van der Waals surface area (Å²) in [6, 6.07) is 0.